The Morgan fingerprint density at radius 3 is 2.00 bits per heavy atom. The summed E-state index contributed by atoms with van der Waals surface area (Å²) >= 11 is 0. The van der Waals surface area contributed by atoms with Crippen LogP contribution in [0.2, 0.25) is 0 Å². The van der Waals surface area contributed by atoms with Crippen LogP contribution in [-0.4, -0.2) is 16.1 Å². The number of aromatic carboxylic acids is 1. The average Bonchev–Trinajstić information content (AvgIpc) is 2.32. The Morgan fingerprint density at radius 1 is 1.06 bits per heavy atom. The summed E-state index contributed by atoms with van der Waals surface area (Å²) < 4.78 is 0. The van der Waals surface area contributed by atoms with Crippen LogP contribution in [0.15, 0.2) is 54.9 Å². The highest BCUT2D eigenvalue weighted by Gasteiger charge is 2.02. The molecule has 1 aromatic carbocycles. The van der Waals surface area contributed by atoms with Crippen molar-refractivity contribution < 1.29 is 9.90 Å². The lowest BCUT2D eigenvalue weighted by atomic mass is 10.1. The Balaban J connectivity index is 0.000000181. The highest BCUT2D eigenvalue weighted by Crippen LogP contribution is 2.05. The van der Waals surface area contributed by atoms with E-state index in [1.165, 1.54) is 0 Å². The van der Waals surface area contributed by atoms with Crippen molar-refractivity contribution in [3.05, 3.63) is 66.0 Å². The Labute approximate surface area is 94.4 Å². The molecule has 0 saturated heterocycles. The summed E-state index contributed by atoms with van der Waals surface area (Å²) in [6.07, 6.45) is 3.50. The summed E-state index contributed by atoms with van der Waals surface area (Å²) in [5.74, 6) is -0.863. The molecular formula is C13H13NO2. The number of aromatic nitrogens is 1. The van der Waals surface area contributed by atoms with Crippen LogP contribution in [0.5, 0.6) is 0 Å². The molecule has 0 amide bonds. The summed E-state index contributed by atoms with van der Waals surface area (Å²) in [5.41, 5.74) is 1.18. The van der Waals surface area contributed by atoms with Gasteiger partial charge >= 0.3 is 5.97 Å². The van der Waals surface area contributed by atoms with Crippen molar-refractivity contribution in [1.82, 2.24) is 4.98 Å². The van der Waals surface area contributed by atoms with E-state index < -0.39 is 5.97 Å². The van der Waals surface area contributed by atoms with Crippen molar-refractivity contribution in [2.75, 3.05) is 0 Å². The van der Waals surface area contributed by atoms with Gasteiger partial charge in [-0.3, -0.25) is 4.98 Å². The maximum atomic E-state index is 10.4. The molecule has 0 aliphatic carbocycles. The number of carboxylic acid groups (broad SMARTS) is 1. The van der Waals surface area contributed by atoms with Crippen molar-refractivity contribution >= 4 is 5.97 Å². The fourth-order valence-electron chi connectivity index (χ4n) is 1.13. The molecule has 1 heterocycles. The lowest BCUT2D eigenvalue weighted by Gasteiger charge is -1.96. The van der Waals surface area contributed by atoms with Gasteiger partial charge in [0.15, 0.2) is 0 Å². The largest absolute Gasteiger partial charge is 0.478 e. The lowest BCUT2D eigenvalue weighted by Crippen LogP contribution is -1.97. The molecule has 0 aliphatic heterocycles. The van der Waals surface area contributed by atoms with E-state index >= 15 is 0 Å². The van der Waals surface area contributed by atoms with Gasteiger partial charge < -0.3 is 5.11 Å². The second kappa shape index (κ2) is 6.35. The van der Waals surface area contributed by atoms with Crippen LogP contribution in [0.4, 0.5) is 0 Å². The molecule has 82 valence electrons. The summed E-state index contributed by atoms with van der Waals surface area (Å²) in [6.45, 7) is 1.78. The Morgan fingerprint density at radius 2 is 1.69 bits per heavy atom. The van der Waals surface area contributed by atoms with Crippen LogP contribution < -0.4 is 0 Å². The molecule has 2 rings (SSSR count). The third-order valence-electron chi connectivity index (χ3n) is 1.94. The molecule has 0 spiro atoms. The molecule has 0 bridgehead atoms. The van der Waals surface area contributed by atoms with Gasteiger partial charge in [-0.25, -0.2) is 4.79 Å². The molecule has 0 unspecified atom stereocenters. The first kappa shape index (κ1) is 11.9. The number of benzene rings is 1. The van der Waals surface area contributed by atoms with Gasteiger partial charge in [0.2, 0.25) is 0 Å². The van der Waals surface area contributed by atoms with E-state index in [2.05, 4.69) is 4.98 Å². The van der Waals surface area contributed by atoms with Gasteiger partial charge in [0, 0.05) is 12.4 Å². The Hall–Kier alpha value is -2.16. The first-order chi connectivity index (χ1) is 7.72. The third kappa shape index (κ3) is 3.92. The molecule has 0 aliphatic rings. The van der Waals surface area contributed by atoms with E-state index in [1.807, 2.05) is 24.3 Å². The van der Waals surface area contributed by atoms with E-state index in [0.717, 1.165) is 5.56 Å². The van der Waals surface area contributed by atoms with Gasteiger partial charge in [0.25, 0.3) is 0 Å². The fourth-order valence-corrected chi connectivity index (χ4v) is 1.13. The summed E-state index contributed by atoms with van der Waals surface area (Å²) in [6, 6.07) is 12.6. The molecule has 0 radical (unpaired) electrons. The fraction of sp³-hybridized carbons (Fsp3) is 0.0769. The van der Waals surface area contributed by atoms with E-state index in [1.54, 1.807) is 37.5 Å². The minimum Gasteiger partial charge on any atom is -0.478 e. The normalized spacial score (nSPS) is 8.81. The predicted octanol–water partition coefficient (Wildman–Crippen LogP) is 2.77. The van der Waals surface area contributed by atoms with E-state index in [-0.39, 0.29) is 0 Å². The summed E-state index contributed by atoms with van der Waals surface area (Å²) in [5, 5.41) is 8.57. The molecule has 1 aromatic heterocycles. The molecule has 1 N–H and O–H groups in total. The number of pyridine rings is 1. The monoisotopic (exact) mass is 215 g/mol. The maximum Gasteiger partial charge on any atom is 0.335 e. The van der Waals surface area contributed by atoms with E-state index in [4.69, 9.17) is 5.11 Å². The van der Waals surface area contributed by atoms with Crippen molar-refractivity contribution in [2.24, 2.45) is 0 Å². The van der Waals surface area contributed by atoms with Crippen molar-refractivity contribution in [3.63, 3.8) is 0 Å². The Kier molecular flexibility index (Phi) is 4.73. The molecule has 2 aromatic rings. The zero-order chi connectivity index (χ0) is 11.8. The number of carboxylic acids is 1. The molecule has 0 saturated carbocycles. The van der Waals surface area contributed by atoms with E-state index in [0.29, 0.717) is 5.56 Å². The topological polar surface area (TPSA) is 50.2 Å². The van der Waals surface area contributed by atoms with Gasteiger partial charge in [-0.1, -0.05) is 24.3 Å². The Bertz CT molecular complexity index is 414. The first-order valence-corrected chi connectivity index (χ1v) is 4.85. The lowest BCUT2D eigenvalue weighted by molar-refractivity contribution is 0.0696. The minimum atomic E-state index is -0.863. The number of carbonyl (C=O) groups is 1. The van der Waals surface area contributed by atoms with Crippen molar-refractivity contribution in [3.8, 4) is 0 Å². The van der Waals surface area contributed by atoms with Crippen LogP contribution in [0.3, 0.4) is 0 Å². The second-order valence-electron chi connectivity index (χ2n) is 3.14. The van der Waals surface area contributed by atoms with E-state index in [9.17, 15) is 4.79 Å². The third-order valence-corrected chi connectivity index (χ3v) is 1.94. The SMILES string of the molecule is Cc1ccccc1C(=O)O.c1ccncc1. The number of nitrogens with zero attached hydrogens (tertiary/aromatic N) is 1. The van der Waals surface area contributed by atoms with Crippen LogP contribution in [0.25, 0.3) is 0 Å². The van der Waals surface area contributed by atoms with Crippen molar-refractivity contribution in [1.29, 1.82) is 0 Å². The van der Waals surface area contributed by atoms with Gasteiger partial charge in [-0.05, 0) is 30.7 Å². The predicted molar refractivity (Wildman–Crippen MR) is 62.4 cm³/mol. The maximum absolute atomic E-state index is 10.4. The smallest absolute Gasteiger partial charge is 0.335 e. The zero-order valence-electron chi connectivity index (χ0n) is 9.00. The summed E-state index contributed by atoms with van der Waals surface area (Å²) in [7, 11) is 0. The molecular weight excluding hydrogens is 202 g/mol. The first-order valence-electron chi connectivity index (χ1n) is 4.85. The van der Waals surface area contributed by atoms with Crippen molar-refractivity contribution in [2.45, 2.75) is 6.92 Å². The summed E-state index contributed by atoms with van der Waals surface area (Å²) in [4.78, 5) is 14.2. The second-order valence-corrected chi connectivity index (χ2v) is 3.14. The minimum absolute atomic E-state index is 0.377. The van der Waals surface area contributed by atoms with Gasteiger partial charge in [-0.15, -0.1) is 0 Å². The van der Waals surface area contributed by atoms with Gasteiger partial charge in [-0.2, -0.15) is 0 Å². The molecule has 3 nitrogen and oxygen atoms in total. The highest BCUT2D eigenvalue weighted by molar-refractivity contribution is 5.89. The number of hydrogen-bond acceptors (Lipinski definition) is 2. The van der Waals surface area contributed by atoms with Crippen LogP contribution in [0, 0.1) is 6.92 Å². The number of hydrogen-bond donors (Lipinski definition) is 1. The molecule has 0 fully saturated rings. The van der Waals surface area contributed by atoms with Gasteiger partial charge in [0.1, 0.15) is 0 Å². The van der Waals surface area contributed by atoms with Gasteiger partial charge in [0.05, 0.1) is 5.56 Å². The highest BCUT2D eigenvalue weighted by atomic mass is 16.4. The standard InChI is InChI=1S/C8H8O2.C5H5N/c1-6-4-2-3-5-7(6)8(9)10;1-2-4-6-5-3-1/h2-5H,1H3,(H,9,10);1-5H. The van der Waals surface area contributed by atoms with Crippen LogP contribution >= 0.6 is 0 Å². The number of aryl methyl sites for hydroxylation is 1. The van der Waals surface area contributed by atoms with Crippen LogP contribution in [0.1, 0.15) is 15.9 Å². The average molecular weight is 215 g/mol. The zero-order valence-corrected chi connectivity index (χ0v) is 9.00. The number of rotatable bonds is 1. The molecule has 0 atom stereocenters. The van der Waals surface area contributed by atoms with Crippen LogP contribution in [-0.2, 0) is 0 Å². The quantitative estimate of drug-likeness (QED) is 0.795. The molecule has 3 heteroatoms. The molecule has 16 heavy (non-hydrogen) atoms.